The molecule has 2 fully saturated rings. The van der Waals surface area contributed by atoms with Crippen molar-refractivity contribution in [1.82, 2.24) is 10.6 Å². The second-order valence-electron chi connectivity index (χ2n) is 4.46. The van der Waals surface area contributed by atoms with Crippen LogP contribution in [0.2, 0.25) is 0 Å². The number of rotatable bonds is 5. The fraction of sp³-hybridized carbons (Fsp3) is 0.909. The van der Waals surface area contributed by atoms with Gasteiger partial charge in [-0.25, -0.2) is 0 Å². The Bertz CT molecular complexity index is 213. The van der Waals surface area contributed by atoms with Gasteiger partial charge in [-0.2, -0.15) is 11.8 Å². The van der Waals surface area contributed by atoms with Crippen molar-refractivity contribution in [3.05, 3.63) is 0 Å². The van der Waals surface area contributed by atoms with Gasteiger partial charge >= 0.3 is 0 Å². The third-order valence-electron chi connectivity index (χ3n) is 2.89. The Morgan fingerprint density at radius 2 is 2.13 bits per heavy atom. The van der Waals surface area contributed by atoms with Crippen molar-refractivity contribution < 1.29 is 4.79 Å². The maximum Gasteiger partial charge on any atom is 0.221 e. The van der Waals surface area contributed by atoms with Gasteiger partial charge in [-0.3, -0.25) is 4.79 Å². The molecule has 0 aromatic heterocycles. The number of thioether (sulfide) groups is 1. The van der Waals surface area contributed by atoms with Gasteiger partial charge in [0.1, 0.15) is 0 Å². The second kappa shape index (κ2) is 5.75. The van der Waals surface area contributed by atoms with Crippen molar-refractivity contribution in [2.75, 3.05) is 18.1 Å². The van der Waals surface area contributed by atoms with Crippen LogP contribution in [-0.2, 0) is 4.79 Å². The van der Waals surface area contributed by atoms with E-state index in [1.54, 1.807) is 0 Å². The van der Waals surface area contributed by atoms with Gasteiger partial charge in [-0.05, 0) is 31.4 Å². The van der Waals surface area contributed by atoms with E-state index in [2.05, 4.69) is 10.6 Å². The summed E-state index contributed by atoms with van der Waals surface area (Å²) >= 11 is 1.95. The van der Waals surface area contributed by atoms with Crippen molar-refractivity contribution in [3.63, 3.8) is 0 Å². The average Bonchev–Trinajstić information content (AvgIpc) is 3.03. The minimum absolute atomic E-state index is 0.218. The molecule has 1 saturated heterocycles. The molecule has 4 heteroatoms. The minimum atomic E-state index is 0.218. The monoisotopic (exact) mass is 228 g/mol. The zero-order valence-corrected chi connectivity index (χ0v) is 9.94. The summed E-state index contributed by atoms with van der Waals surface area (Å²) in [7, 11) is 0. The molecule has 1 unspecified atom stereocenters. The van der Waals surface area contributed by atoms with Crippen LogP contribution in [0.5, 0.6) is 0 Å². The van der Waals surface area contributed by atoms with Crippen LogP contribution in [0.15, 0.2) is 0 Å². The van der Waals surface area contributed by atoms with Crippen LogP contribution in [0.25, 0.3) is 0 Å². The first-order valence-corrected chi connectivity index (χ1v) is 7.10. The van der Waals surface area contributed by atoms with E-state index in [0.29, 0.717) is 18.5 Å². The molecule has 1 aliphatic heterocycles. The first kappa shape index (κ1) is 11.3. The largest absolute Gasteiger partial charge is 0.353 e. The molecule has 0 aromatic carbocycles. The maximum atomic E-state index is 11.6. The summed E-state index contributed by atoms with van der Waals surface area (Å²) in [6.07, 6.45) is 5.63. The lowest BCUT2D eigenvalue weighted by atomic mass is 10.2. The van der Waals surface area contributed by atoms with Crippen molar-refractivity contribution in [2.24, 2.45) is 0 Å². The summed E-state index contributed by atoms with van der Waals surface area (Å²) in [5.74, 6) is 2.58. The Balaban J connectivity index is 1.54. The standard InChI is InChI=1S/C11H20N2OS/c14-11(5-6-12-9-3-4-9)13-10-2-1-7-15-8-10/h9-10,12H,1-8H2,(H,13,14). The van der Waals surface area contributed by atoms with Gasteiger partial charge in [0, 0.05) is 30.8 Å². The second-order valence-corrected chi connectivity index (χ2v) is 5.61. The molecule has 3 nitrogen and oxygen atoms in total. The van der Waals surface area contributed by atoms with Crippen LogP contribution >= 0.6 is 11.8 Å². The molecule has 0 radical (unpaired) electrons. The van der Waals surface area contributed by atoms with Crippen molar-refractivity contribution in [2.45, 2.75) is 44.2 Å². The molecule has 1 amide bonds. The van der Waals surface area contributed by atoms with Crippen LogP contribution in [-0.4, -0.2) is 36.0 Å². The zero-order valence-electron chi connectivity index (χ0n) is 9.13. The molecule has 1 aliphatic carbocycles. The van der Waals surface area contributed by atoms with Gasteiger partial charge in [0.15, 0.2) is 0 Å². The van der Waals surface area contributed by atoms with Crippen molar-refractivity contribution >= 4 is 17.7 Å². The van der Waals surface area contributed by atoms with E-state index in [1.807, 2.05) is 11.8 Å². The van der Waals surface area contributed by atoms with E-state index in [1.165, 1.54) is 25.0 Å². The lowest BCUT2D eigenvalue weighted by Gasteiger charge is -2.22. The maximum absolute atomic E-state index is 11.6. The number of carbonyl (C=O) groups is 1. The summed E-state index contributed by atoms with van der Waals surface area (Å²) in [6, 6.07) is 1.14. The summed E-state index contributed by atoms with van der Waals surface area (Å²) in [5, 5.41) is 6.47. The number of carbonyl (C=O) groups excluding carboxylic acids is 1. The zero-order chi connectivity index (χ0) is 10.5. The molecule has 0 aromatic rings. The first-order valence-electron chi connectivity index (χ1n) is 5.95. The Morgan fingerprint density at radius 1 is 1.27 bits per heavy atom. The molecule has 1 saturated carbocycles. The molecule has 0 bridgehead atoms. The van der Waals surface area contributed by atoms with E-state index in [0.717, 1.165) is 18.7 Å². The highest BCUT2D eigenvalue weighted by Crippen LogP contribution is 2.18. The molecule has 1 atom stereocenters. The predicted octanol–water partition coefficient (Wildman–Crippen LogP) is 1.14. The first-order chi connectivity index (χ1) is 7.34. The molecule has 1 heterocycles. The Hall–Kier alpha value is -0.220. The Kier molecular flexibility index (Phi) is 4.32. The SMILES string of the molecule is O=C(CCNC1CC1)NC1CCCSC1. The normalized spacial score (nSPS) is 26.3. The molecule has 86 valence electrons. The van der Waals surface area contributed by atoms with E-state index in [4.69, 9.17) is 0 Å². The highest BCUT2D eigenvalue weighted by molar-refractivity contribution is 7.99. The van der Waals surface area contributed by atoms with Gasteiger partial charge in [0.2, 0.25) is 5.91 Å². The van der Waals surface area contributed by atoms with Crippen LogP contribution < -0.4 is 10.6 Å². The lowest BCUT2D eigenvalue weighted by Crippen LogP contribution is -2.39. The van der Waals surface area contributed by atoms with Crippen molar-refractivity contribution in [1.29, 1.82) is 0 Å². The molecule has 0 spiro atoms. The fourth-order valence-electron chi connectivity index (χ4n) is 1.83. The van der Waals surface area contributed by atoms with E-state index in [-0.39, 0.29) is 5.91 Å². The average molecular weight is 228 g/mol. The highest BCUT2D eigenvalue weighted by atomic mass is 32.2. The molecule has 15 heavy (non-hydrogen) atoms. The Labute approximate surface area is 95.8 Å². The van der Waals surface area contributed by atoms with Gasteiger partial charge in [0.25, 0.3) is 0 Å². The summed E-state index contributed by atoms with van der Waals surface area (Å²) in [6.45, 7) is 0.844. The van der Waals surface area contributed by atoms with Crippen LogP contribution in [0.4, 0.5) is 0 Å². The molecule has 2 rings (SSSR count). The molecular formula is C11H20N2OS. The third kappa shape index (κ3) is 4.43. The summed E-state index contributed by atoms with van der Waals surface area (Å²) in [5.41, 5.74) is 0. The van der Waals surface area contributed by atoms with Crippen molar-refractivity contribution in [3.8, 4) is 0 Å². The molecule has 2 N–H and O–H groups in total. The van der Waals surface area contributed by atoms with E-state index >= 15 is 0 Å². The van der Waals surface area contributed by atoms with Crippen LogP contribution in [0, 0.1) is 0 Å². The van der Waals surface area contributed by atoms with Crippen LogP contribution in [0.3, 0.4) is 0 Å². The third-order valence-corrected chi connectivity index (χ3v) is 4.10. The lowest BCUT2D eigenvalue weighted by molar-refractivity contribution is -0.121. The number of hydrogen-bond acceptors (Lipinski definition) is 3. The van der Waals surface area contributed by atoms with Gasteiger partial charge in [-0.15, -0.1) is 0 Å². The molecule has 2 aliphatic rings. The van der Waals surface area contributed by atoms with Gasteiger partial charge < -0.3 is 10.6 Å². The predicted molar refractivity (Wildman–Crippen MR) is 64.1 cm³/mol. The highest BCUT2D eigenvalue weighted by Gasteiger charge is 2.20. The van der Waals surface area contributed by atoms with Gasteiger partial charge in [0.05, 0.1) is 0 Å². The fourth-order valence-corrected chi connectivity index (χ4v) is 2.90. The van der Waals surface area contributed by atoms with E-state index < -0.39 is 0 Å². The summed E-state index contributed by atoms with van der Waals surface area (Å²) in [4.78, 5) is 11.6. The number of nitrogens with one attached hydrogen (secondary N) is 2. The van der Waals surface area contributed by atoms with E-state index in [9.17, 15) is 4.79 Å². The van der Waals surface area contributed by atoms with Crippen LogP contribution in [0.1, 0.15) is 32.1 Å². The number of amides is 1. The smallest absolute Gasteiger partial charge is 0.221 e. The Morgan fingerprint density at radius 3 is 2.80 bits per heavy atom. The molecular weight excluding hydrogens is 208 g/mol. The minimum Gasteiger partial charge on any atom is -0.353 e. The number of hydrogen-bond donors (Lipinski definition) is 2. The topological polar surface area (TPSA) is 41.1 Å². The summed E-state index contributed by atoms with van der Waals surface area (Å²) < 4.78 is 0. The van der Waals surface area contributed by atoms with Gasteiger partial charge in [-0.1, -0.05) is 0 Å². The quantitative estimate of drug-likeness (QED) is 0.741.